The van der Waals surface area contributed by atoms with Crippen molar-refractivity contribution >= 4 is 27.6 Å². The van der Waals surface area contributed by atoms with Crippen LogP contribution >= 0.6 is 11.6 Å². The van der Waals surface area contributed by atoms with E-state index in [1.807, 2.05) is 19.1 Å². The number of halogens is 1. The summed E-state index contributed by atoms with van der Waals surface area (Å²) in [5.74, 6) is -1.18. The molecule has 1 unspecified atom stereocenters. The molecule has 0 saturated heterocycles. The fourth-order valence-electron chi connectivity index (χ4n) is 3.47. The van der Waals surface area contributed by atoms with Gasteiger partial charge in [-0.15, -0.1) is 0 Å². The Morgan fingerprint density at radius 1 is 1.13 bits per heavy atom. The molecule has 0 bridgehead atoms. The van der Waals surface area contributed by atoms with Gasteiger partial charge in [-0.3, -0.25) is 4.79 Å². The minimum atomic E-state index is -3.95. The first kappa shape index (κ1) is 22.3. The summed E-state index contributed by atoms with van der Waals surface area (Å²) in [5, 5.41) is 10.1. The van der Waals surface area contributed by atoms with Gasteiger partial charge in [-0.25, -0.2) is 8.42 Å². The number of rotatable bonds is 9. The van der Waals surface area contributed by atoms with Crippen LogP contribution in [0.25, 0.3) is 11.1 Å². The van der Waals surface area contributed by atoms with Crippen LogP contribution in [0, 0.1) is 0 Å². The van der Waals surface area contributed by atoms with E-state index in [2.05, 4.69) is 15.7 Å². The Kier molecular flexibility index (Phi) is 7.18. The van der Waals surface area contributed by atoms with Gasteiger partial charge >= 0.3 is 5.97 Å². The molecule has 8 heteroatoms. The van der Waals surface area contributed by atoms with Gasteiger partial charge < -0.3 is 10.0 Å². The number of nitrogens with zero attached hydrogens (tertiary/aromatic N) is 1. The average Bonchev–Trinajstić information content (AvgIpc) is 3.12. The van der Waals surface area contributed by atoms with Gasteiger partial charge in [-0.05, 0) is 61.6 Å². The van der Waals surface area contributed by atoms with Crippen molar-refractivity contribution in [2.45, 2.75) is 37.1 Å². The molecule has 2 N–H and O–H groups in total. The van der Waals surface area contributed by atoms with Crippen molar-refractivity contribution in [2.24, 2.45) is 0 Å². The molecule has 0 fully saturated rings. The molecule has 0 radical (unpaired) electrons. The first-order chi connectivity index (χ1) is 14.3. The van der Waals surface area contributed by atoms with Gasteiger partial charge in [0.25, 0.3) is 0 Å². The third kappa shape index (κ3) is 5.62. The predicted octanol–water partition coefficient (Wildman–Crippen LogP) is 4.13. The van der Waals surface area contributed by atoms with E-state index in [1.54, 1.807) is 24.3 Å². The van der Waals surface area contributed by atoms with E-state index in [0.29, 0.717) is 18.0 Å². The fraction of sp³-hybridized carbons (Fsp3) is 0.318. The second-order valence-corrected chi connectivity index (χ2v) is 9.46. The lowest BCUT2D eigenvalue weighted by Crippen LogP contribution is -2.41. The first-order valence-electron chi connectivity index (χ1n) is 9.79. The molecule has 0 amide bonds. The summed E-state index contributed by atoms with van der Waals surface area (Å²) in [6, 6.07) is 12.4. The van der Waals surface area contributed by atoms with E-state index in [1.165, 1.54) is 17.8 Å². The van der Waals surface area contributed by atoms with Crippen molar-refractivity contribution in [1.29, 1.82) is 0 Å². The maximum absolute atomic E-state index is 12.7. The Balaban J connectivity index is 1.64. The Labute approximate surface area is 182 Å². The quantitative estimate of drug-likeness (QED) is 0.602. The number of carboxylic acid groups (broad SMARTS) is 1. The summed E-state index contributed by atoms with van der Waals surface area (Å²) in [5.41, 5.74) is 2.93. The Morgan fingerprint density at radius 3 is 2.27 bits per heavy atom. The lowest BCUT2D eigenvalue weighted by Gasteiger charge is -2.21. The summed E-state index contributed by atoms with van der Waals surface area (Å²) in [6.45, 7) is 3.66. The van der Waals surface area contributed by atoms with Crippen molar-refractivity contribution in [3.63, 3.8) is 0 Å². The average molecular weight is 449 g/mol. The Bertz CT molecular complexity index is 1020. The highest BCUT2D eigenvalue weighted by atomic mass is 35.5. The topological polar surface area (TPSA) is 86.7 Å². The SMILES string of the molecule is CC1=CCCN1CCCC(NS(=O)(=O)c1ccc(-c2ccc(Cl)cc2)cc1)C(=O)O. The molecule has 0 aromatic heterocycles. The molecule has 2 aromatic rings. The number of carboxylic acids is 1. The molecule has 1 heterocycles. The van der Waals surface area contributed by atoms with Crippen LogP contribution in [0.5, 0.6) is 0 Å². The third-order valence-electron chi connectivity index (χ3n) is 5.20. The molecular formula is C22H25ClN2O4S. The van der Waals surface area contributed by atoms with Gasteiger partial charge in [0.1, 0.15) is 6.04 Å². The van der Waals surface area contributed by atoms with E-state index in [-0.39, 0.29) is 11.3 Å². The zero-order chi connectivity index (χ0) is 21.7. The predicted molar refractivity (Wildman–Crippen MR) is 118 cm³/mol. The molecule has 2 aromatic carbocycles. The van der Waals surface area contributed by atoms with Crippen LogP contribution in [-0.2, 0) is 14.8 Å². The van der Waals surface area contributed by atoms with Crippen molar-refractivity contribution in [2.75, 3.05) is 13.1 Å². The smallest absolute Gasteiger partial charge is 0.321 e. The third-order valence-corrected chi connectivity index (χ3v) is 6.94. The van der Waals surface area contributed by atoms with Crippen LogP contribution < -0.4 is 4.72 Å². The van der Waals surface area contributed by atoms with Gasteiger partial charge in [-0.1, -0.05) is 41.9 Å². The van der Waals surface area contributed by atoms with E-state index >= 15 is 0 Å². The van der Waals surface area contributed by atoms with E-state index in [9.17, 15) is 18.3 Å². The zero-order valence-electron chi connectivity index (χ0n) is 16.7. The van der Waals surface area contributed by atoms with Crippen LogP contribution in [0.1, 0.15) is 26.2 Å². The van der Waals surface area contributed by atoms with Crippen LogP contribution in [0.15, 0.2) is 65.2 Å². The highest BCUT2D eigenvalue weighted by Crippen LogP contribution is 2.23. The fourth-order valence-corrected chi connectivity index (χ4v) is 4.82. The summed E-state index contributed by atoms with van der Waals surface area (Å²) < 4.78 is 27.7. The number of allylic oxidation sites excluding steroid dienone is 1. The van der Waals surface area contributed by atoms with Gasteiger partial charge in [0, 0.05) is 23.8 Å². The summed E-state index contributed by atoms with van der Waals surface area (Å²) >= 11 is 5.90. The van der Waals surface area contributed by atoms with Crippen LogP contribution in [0.2, 0.25) is 5.02 Å². The molecular weight excluding hydrogens is 424 g/mol. The van der Waals surface area contributed by atoms with Crippen molar-refractivity contribution in [3.8, 4) is 11.1 Å². The summed E-state index contributed by atoms with van der Waals surface area (Å²) in [4.78, 5) is 13.8. The largest absolute Gasteiger partial charge is 0.480 e. The minimum absolute atomic E-state index is 0.0322. The highest BCUT2D eigenvalue weighted by Gasteiger charge is 2.25. The lowest BCUT2D eigenvalue weighted by molar-refractivity contribution is -0.139. The molecule has 0 saturated carbocycles. The maximum atomic E-state index is 12.7. The molecule has 0 aliphatic carbocycles. The number of carbonyl (C=O) groups is 1. The Morgan fingerprint density at radius 2 is 1.73 bits per heavy atom. The van der Waals surface area contributed by atoms with Crippen LogP contribution in [0.4, 0.5) is 0 Å². The second kappa shape index (κ2) is 9.64. The molecule has 160 valence electrons. The van der Waals surface area contributed by atoms with Gasteiger partial charge in [0.2, 0.25) is 10.0 Å². The van der Waals surface area contributed by atoms with E-state index < -0.39 is 22.0 Å². The van der Waals surface area contributed by atoms with E-state index in [0.717, 1.165) is 24.1 Å². The number of hydrogen-bond acceptors (Lipinski definition) is 4. The maximum Gasteiger partial charge on any atom is 0.321 e. The second-order valence-electron chi connectivity index (χ2n) is 7.31. The number of nitrogens with one attached hydrogen (secondary N) is 1. The molecule has 0 spiro atoms. The summed E-state index contributed by atoms with van der Waals surface area (Å²) in [6.07, 6.45) is 3.94. The van der Waals surface area contributed by atoms with Gasteiger partial charge in [-0.2, -0.15) is 4.72 Å². The van der Waals surface area contributed by atoms with E-state index in [4.69, 9.17) is 11.6 Å². The minimum Gasteiger partial charge on any atom is -0.480 e. The number of aliphatic carboxylic acids is 1. The van der Waals surface area contributed by atoms with Crippen molar-refractivity contribution in [3.05, 3.63) is 65.3 Å². The van der Waals surface area contributed by atoms with Crippen LogP contribution in [-0.4, -0.2) is 43.5 Å². The lowest BCUT2D eigenvalue weighted by atomic mass is 10.1. The molecule has 30 heavy (non-hydrogen) atoms. The molecule has 1 aliphatic rings. The monoisotopic (exact) mass is 448 g/mol. The van der Waals surface area contributed by atoms with Crippen molar-refractivity contribution < 1.29 is 18.3 Å². The number of hydrogen-bond donors (Lipinski definition) is 2. The standard InChI is InChI=1S/C22H25ClN2O4S/c1-16-4-2-14-25(16)15-3-5-21(22(26)27)24-30(28,29)20-12-8-18(9-13-20)17-6-10-19(23)11-7-17/h4,6-13,21,24H,2-3,5,14-15H2,1H3,(H,26,27). The number of benzene rings is 2. The number of sulfonamides is 1. The van der Waals surface area contributed by atoms with Gasteiger partial charge in [0.05, 0.1) is 4.90 Å². The molecule has 6 nitrogen and oxygen atoms in total. The normalized spacial score (nSPS) is 15.1. The van der Waals surface area contributed by atoms with Gasteiger partial charge in [0.15, 0.2) is 0 Å². The Hall–Kier alpha value is -2.35. The highest BCUT2D eigenvalue weighted by molar-refractivity contribution is 7.89. The first-order valence-corrected chi connectivity index (χ1v) is 11.7. The zero-order valence-corrected chi connectivity index (χ0v) is 18.3. The van der Waals surface area contributed by atoms with Crippen LogP contribution in [0.3, 0.4) is 0 Å². The van der Waals surface area contributed by atoms with Crippen molar-refractivity contribution in [1.82, 2.24) is 9.62 Å². The summed E-state index contributed by atoms with van der Waals surface area (Å²) in [7, 11) is -3.95. The molecule has 1 aliphatic heterocycles. The molecule has 3 rings (SSSR count). The molecule has 1 atom stereocenters.